The van der Waals surface area contributed by atoms with Crippen LogP contribution in [-0.2, 0) is 4.74 Å². The number of hydrogen-bond donors (Lipinski definition) is 1. The van der Waals surface area contributed by atoms with Crippen LogP contribution in [-0.4, -0.2) is 54.4 Å². The van der Waals surface area contributed by atoms with Gasteiger partial charge in [0.2, 0.25) is 0 Å². The smallest absolute Gasteiger partial charge is 0.358 e. The molecule has 0 radical (unpaired) electrons. The number of rotatable bonds is 5. The van der Waals surface area contributed by atoms with Crippen LogP contribution in [0.15, 0.2) is 12.1 Å². The largest absolute Gasteiger partial charge is 0.464 e. The molecule has 22 heavy (non-hydrogen) atoms. The van der Waals surface area contributed by atoms with E-state index in [9.17, 15) is 4.79 Å². The van der Waals surface area contributed by atoms with Gasteiger partial charge in [-0.1, -0.05) is 19.8 Å². The summed E-state index contributed by atoms with van der Waals surface area (Å²) in [4.78, 5) is 13.7. The molecule has 1 heterocycles. The van der Waals surface area contributed by atoms with Gasteiger partial charge in [-0.2, -0.15) is 0 Å². The molecule has 1 saturated carbocycles. The maximum absolute atomic E-state index is 11.4. The first-order valence-electron chi connectivity index (χ1n) is 7.80. The number of carbonyl (C=O) groups excluding carboxylic acids is 1. The molecule has 1 aliphatic carbocycles. The minimum absolute atomic E-state index is 0.153. The fourth-order valence-electron chi connectivity index (χ4n) is 3.25. The van der Waals surface area contributed by atoms with Crippen molar-refractivity contribution >= 4 is 11.8 Å². The van der Waals surface area contributed by atoms with E-state index >= 15 is 0 Å². The average molecular weight is 306 g/mol. The predicted molar refractivity (Wildman–Crippen MR) is 85.9 cm³/mol. The lowest BCUT2D eigenvalue weighted by Crippen LogP contribution is -2.52. The summed E-state index contributed by atoms with van der Waals surface area (Å²) in [5.74, 6) is 0.961. The Balaban J connectivity index is 2.02. The van der Waals surface area contributed by atoms with E-state index in [1.165, 1.54) is 32.8 Å². The third kappa shape index (κ3) is 3.74. The normalized spacial score (nSPS) is 25.0. The number of methoxy groups -OCH3 is 1. The molecule has 6 heteroatoms. The molecule has 122 valence electrons. The summed E-state index contributed by atoms with van der Waals surface area (Å²) in [6.45, 7) is 3.15. The maximum atomic E-state index is 11.4. The Morgan fingerprint density at radius 3 is 2.77 bits per heavy atom. The summed E-state index contributed by atoms with van der Waals surface area (Å²) in [6.07, 6.45) is 4.93. The molecular formula is C16H26N4O2. The van der Waals surface area contributed by atoms with E-state index in [-0.39, 0.29) is 11.2 Å². The lowest BCUT2D eigenvalue weighted by Gasteiger charge is -2.45. The van der Waals surface area contributed by atoms with Gasteiger partial charge < -0.3 is 15.0 Å². The van der Waals surface area contributed by atoms with E-state index in [0.29, 0.717) is 5.82 Å². The lowest BCUT2D eigenvalue weighted by atomic mass is 9.75. The van der Waals surface area contributed by atoms with Crippen molar-refractivity contribution in [1.82, 2.24) is 15.1 Å². The highest BCUT2D eigenvalue weighted by Crippen LogP contribution is 2.35. The molecule has 2 atom stereocenters. The summed E-state index contributed by atoms with van der Waals surface area (Å²) in [6, 6.07) is 3.40. The standard InChI is InChI=1S/C16H26N4O2/c1-12-6-5-9-16(10-12,20(2)3)11-17-14-8-7-13(18-19-14)15(21)22-4/h7-8,12H,5-6,9-11H2,1-4H3,(H,17,19). The van der Waals surface area contributed by atoms with E-state index < -0.39 is 5.97 Å². The molecule has 0 bridgehead atoms. The summed E-state index contributed by atoms with van der Waals surface area (Å²) in [5, 5.41) is 11.3. The van der Waals surface area contributed by atoms with Crippen molar-refractivity contribution in [3.63, 3.8) is 0 Å². The molecule has 0 amide bonds. The van der Waals surface area contributed by atoms with Gasteiger partial charge in [0.05, 0.1) is 7.11 Å². The van der Waals surface area contributed by atoms with Crippen LogP contribution < -0.4 is 5.32 Å². The second kappa shape index (κ2) is 7.05. The zero-order chi connectivity index (χ0) is 16.2. The Morgan fingerprint density at radius 2 is 2.23 bits per heavy atom. The quantitative estimate of drug-likeness (QED) is 0.841. The van der Waals surface area contributed by atoms with Crippen LogP contribution >= 0.6 is 0 Å². The highest BCUT2D eigenvalue weighted by Gasteiger charge is 2.36. The Labute approximate surface area is 132 Å². The zero-order valence-corrected chi connectivity index (χ0v) is 13.9. The molecular weight excluding hydrogens is 280 g/mol. The van der Waals surface area contributed by atoms with Gasteiger partial charge in [-0.15, -0.1) is 10.2 Å². The Morgan fingerprint density at radius 1 is 1.45 bits per heavy atom. The van der Waals surface area contributed by atoms with E-state index in [4.69, 9.17) is 0 Å². The SMILES string of the molecule is COC(=O)c1ccc(NCC2(N(C)C)CCCC(C)C2)nn1. The predicted octanol–water partition coefficient (Wildman–Crippen LogP) is 2.19. The Kier molecular flexibility index (Phi) is 5.34. The Bertz CT molecular complexity index is 503. The van der Waals surface area contributed by atoms with Crippen LogP contribution in [0.1, 0.15) is 43.1 Å². The molecule has 6 nitrogen and oxygen atoms in total. The number of nitrogens with one attached hydrogen (secondary N) is 1. The summed E-state index contributed by atoms with van der Waals surface area (Å²) >= 11 is 0. The Hall–Kier alpha value is -1.69. The van der Waals surface area contributed by atoms with Gasteiger partial charge in [-0.3, -0.25) is 0 Å². The van der Waals surface area contributed by atoms with Crippen LogP contribution in [0.5, 0.6) is 0 Å². The molecule has 1 N–H and O–H groups in total. The number of carbonyl (C=O) groups is 1. The van der Waals surface area contributed by atoms with Crippen molar-refractivity contribution in [2.45, 2.75) is 38.1 Å². The van der Waals surface area contributed by atoms with Crippen molar-refractivity contribution in [1.29, 1.82) is 0 Å². The van der Waals surface area contributed by atoms with Gasteiger partial charge in [-0.25, -0.2) is 4.79 Å². The first-order chi connectivity index (χ1) is 10.5. The average Bonchev–Trinajstić information content (AvgIpc) is 2.52. The van der Waals surface area contributed by atoms with Gasteiger partial charge in [0.25, 0.3) is 0 Å². The number of ether oxygens (including phenoxy) is 1. The fraction of sp³-hybridized carbons (Fsp3) is 0.688. The molecule has 0 aliphatic heterocycles. The van der Waals surface area contributed by atoms with E-state index in [0.717, 1.165) is 12.5 Å². The van der Waals surface area contributed by atoms with Gasteiger partial charge in [0.1, 0.15) is 5.82 Å². The third-order valence-corrected chi connectivity index (χ3v) is 4.67. The monoisotopic (exact) mass is 306 g/mol. The zero-order valence-electron chi connectivity index (χ0n) is 13.9. The highest BCUT2D eigenvalue weighted by atomic mass is 16.5. The maximum Gasteiger partial charge on any atom is 0.358 e. The first-order valence-corrected chi connectivity index (χ1v) is 7.80. The van der Waals surface area contributed by atoms with Crippen molar-refractivity contribution in [2.24, 2.45) is 5.92 Å². The van der Waals surface area contributed by atoms with Crippen molar-refractivity contribution in [3.8, 4) is 0 Å². The van der Waals surface area contributed by atoms with Gasteiger partial charge in [0, 0.05) is 12.1 Å². The van der Waals surface area contributed by atoms with Crippen molar-refractivity contribution in [2.75, 3.05) is 33.1 Å². The topological polar surface area (TPSA) is 67.3 Å². The number of esters is 1. The molecule has 1 fully saturated rings. The van der Waals surface area contributed by atoms with Crippen LogP contribution in [0.2, 0.25) is 0 Å². The minimum atomic E-state index is -0.468. The number of likely N-dealkylation sites (N-methyl/N-ethyl adjacent to an activating group) is 1. The molecule has 0 aromatic carbocycles. The minimum Gasteiger partial charge on any atom is -0.464 e. The molecule has 0 saturated heterocycles. The third-order valence-electron chi connectivity index (χ3n) is 4.67. The van der Waals surface area contributed by atoms with Gasteiger partial charge in [-0.05, 0) is 45.0 Å². The second-order valence-corrected chi connectivity index (χ2v) is 6.47. The lowest BCUT2D eigenvalue weighted by molar-refractivity contribution is 0.0592. The molecule has 1 aromatic rings. The number of hydrogen-bond acceptors (Lipinski definition) is 6. The van der Waals surface area contributed by atoms with E-state index in [1.54, 1.807) is 12.1 Å². The summed E-state index contributed by atoms with van der Waals surface area (Å²) in [7, 11) is 5.62. The van der Waals surface area contributed by atoms with Crippen molar-refractivity contribution < 1.29 is 9.53 Å². The molecule has 1 aliphatic rings. The van der Waals surface area contributed by atoms with Crippen LogP contribution in [0.3, 0.4) is 0 Å². The number of nitrogens with zero attached hydrogens (tertiary/aromatic N) is 3. The molecule has 0 spiro atoms. The summed E-state index contributed by atoms with van der Waals surface area (Å²) in [5.41, 5.74) is 0.377. The van der Waals surface area contributed by atoms with Crippen LogP contribution in [0.4, 0.5) is 5.82 Å². The molecule has 1 aromatic heterocycles. The van der Waals surface area contributed by atoms with Crippen LogP contribution in [0, 0.1) is 5.92 Å². The first kappa shape index (κ1) is 16.7. The van der Waals surface area contributed by atoms with Crippen molar-refractivity contribution in [3.05, 3.63) is 17.8 Å². The second-order valence-electron chi connectivity index (χ2n) is 6.47. The van der Waals surface area contributed by atoms with E-state index in [2.05, 4.69) is 46.2 Å². The highest BCUT2D eigenvalue weighted by molar-refractivity contribution is 5.86. The summed E-state index contributed by atoms with van der Waals surface area (Å²) < 4.78 is 4.62. The number of aromatic nitrogens is 2. The number of anilines is 1. The molecule has 2 unspecified atom stereocenters. The fourth-order valence-corrected chi connectivity index (χ4v) is 3.25. The van der Waals surface area contributed by atoms with Gasteiger partial charge in [0.15, 0.2) is 5.69 Å². The van der Waals surface area contributed by atoms with Crippen LogP contribution in [0.25, 0.3) is 0 Å². The molecule has 2 rings (SSSR count). The van der Waals surface area contributed by atoms with Gasteiger partial charge >= 0.3 is 5.97 Å². The van der Waals surface area contributed by atoms with E-state index in [1.807, 2.05) is 0 Å².